The van der Waals surface area contributed by atoms with E-state index < -0.39 is 9.85 Å². The molecule has 0 saturated heterocycles. The molecule has 0 bridgehead atoms. The summed E-state index contributed by atoms with van der Waals surface area (Å²) in [6.07, 6.45) is 0. The monoisotopic (exact) mass is 226 g/mol. The van der Waals surface area contributed by atoms with Gasteiger partial charge in [0.1, 0.15) is 5.56 Å². The van der Waals surface area contributed by atoms with Crippen molar-refractivity contribution in [2.24, 2.45) is 0 Å². The van der Waals surface area contributed by atoms with Crippen LogP contribution in [0.25, 0.3) is 0 Å². The van der Waals surface area contributed by atoms with Crippen LogP contribution in [0.4, 0.5) is 11.4 Å². The zero-order valence-corrected chi connectivity index (χ0v) is 9.01. The van der Waals surface area contributed by atoms with Crippen molar-refractivity contribution in [2.45, 2.75) is 13.8 Å². The molecule has 1 aromatic rings. The van der Waals surface area contributed by atoms with Crippen molar-refractivity contribution in [3.05, 3.63) is 37.4 Å². The van der Waals surface area contributed by atoms with Crippen molar-refractivity contribution in [1.29, 1.82) is 0 Å². The Morgan fingerprint density at radius 2 is 1.62 bits per heavy atom. The van der Waals surface area contributed by atoms with Crippen molar-refractivity contribution in [3.63, 3.8) is 0 Å². The molecular weight excluding hydrogens is 216 g/mol. The quantitative estimate of drug-likeness (QED) is 0.581. The van der Waals surface area contributed by atoms with Crippen LogP contribution in [0.3, 0.4) is 0 Å². The molecule has 1 aromatic carbocycles. The first kappa shape index (κ1) is 11.9. The van der Waals surface area contributed by atoms with Crippen molar-refractivity contribution in [1.82, 2.24) is 0 Å². The number of nitrogens with zero attached hydrogens (tertiary/aromatic N) is 2. The van der Waals surface area contributed by atoms with Crippen LogP contribution in [0.1, 0.15) is 11.1 Å². The van der Waals surface area contributed by atoms with E-state index in [1.807, 2.05) is 0 Å². The lowest BCUT2D eigenvalue weighted by Gasteiger charge is -2.06. The molecule has 0 N–H and O–H groups in total. The molecule has 7 nitrogen and oxygen atoms in total. The van der Waals surface area contributed by atoms with E-state index in [0.717, 1.165) is 0 Å². The number of nitro groups is 2. The minimum atomic E-state index is -0.680. The van der Waals surface area contributed by atoms with E-state index >= 15 is 0 Å². The Bertz CT molecular complexity index is 469. The Kier molecular flexibility index (Phi) is 3.07. The fraction of sp³-hybridized carbons (Fsp3) is 0.333. The number of methoxy groups -OCH3 is 1. The zero-order valence-electron chi connectivity index (χ0n) is 9.01. The molecule has 0 aliphatic carbocycles. The van der Waals surface area contributed by atoms with E-state index in [1.54, 1.807) is 0 Å². The molecule has 16 heavy (non-hydrogen) atoms. The lowest BCUT2D eigenvalue weighted by Crippen LogP contribution is -2.02. The van der Waals surface area contributed by atoms with E-state index in [9.17, 15) is 20.2 Å². The minimum absolute atomic E-state index is 0.00634. The van der Waals surface area contributed by atoms with Crippen LogP contribution in [0.2, 0.25) is 0 Å². The number of hydrogen-bond acceptors (Lipinski definition) is 5. The largest absolute Gasteiger partial charge is 0.490 e. The van der Waals surface area contributed by atoms with Gasteiger partial charge in [-0.1, -0.05) is 0 Å². The summed E-state index contributed by atoms with van der Waals surface area (Å²) in [5.74, 6) is 0.0330. The second-order valence-corrected chi connectivity index (χ2v) is 3.23. The van der Waals surface area contributed by atoms with Gasteiger partial charge < -0.3 is 4.74 Å². The summed E-state index contributed by atoms with van der Waals surface area (Å²) in [4.78, 5) is 20.2. The topological polar surface area (TPSA) is 95.5 Å². The van der Waals surface area contributed by atoms with Crippen LogP contribution in [0.5, 0.6) is 5.75 Å². The first-order chi connectivity index (χ1) is 7.40. The number of hydrogen-bond donors (Lipinski definition) is 0. The number of rotatable bonds is 3. The van der Waals surface area contributed by atoms with E-state index in [2.05, 4.69) is 0 Å². The Morgan fingerprint density at radius 1 is 1.12 bits per heavy atom. The summed E-state index contributed by atoms with van der Waals surface area (Å²) >= 11 is 0. The highest BCUT2D eigenvalue weighted by molar-refractivity contribution is 5.64. The van der Waals surface area contributed by atoms with E-state index in [4.69, 9.17) is 4.74 Å². The minimum Gasteiger partial charge on any atom is -0.490 e. The summed E-state index contributed by atoms with van der Waals surface area (Å²) in [6, 6.07) is 1.29. The number of nitro benzene ring substituents is 2. The van der Waals surface area contributed by atoms with Gasteiger partial charge in [-0.3, -0.25) is 20.2 Å². The average Bonchev–Trinajstić information content (AvgIpc) is 2.14. The predicted octanol–water partition coefficient (Wildman–Crippen LogP) is 2.13. The molecule has 0 heterocycles. The Hall–Kier alpha value is -2.18. The van der Waals surface area contributed by atoms with E-state index in [1.165, 1.54) is 27.0 Å². The third kappa shape index (κ3) is 1.79. The van der Waals surface area contributed by atoms with Crippen LogP contribution in [0.15, 0.2) is 6.07 Å². The maximum Gasteiger partial charge on any atom is 0.320 e. The van der Waals surface area contributed by atoms with Gasteiger partial charge in [-0.2, -0.15) is 0 Å². The number of aryl methyl sites for hydroxylation is 1. The standard InChI is InChI=1S/C9H10N2O5/c1-5-4-7(16-3)9(11(14)15)6(2)8(5)10(12)13/h4H,1-3H3. The highest BCUT2D eigenvalue weighted by Crippen LogP contribution is 2.38. The van der Waals surface area contributed by atoms with Gasteiger partial charge in [0.15, 0.2) is 5.75 Å². The van der Waals surface area contributed by atoms with Gasteiger partial charge in [0, 0.05) is 5.56 Å². The first-order valence-corrected chi connectivity index (χ1v) is 4.37. The van der Waals surface area contributed by atoms with E-state index in [-0.39, 0.29) is 22.7 Å². The van der Waals surface area contributed by atoms with Crippen LogP contribution in [0, 0.1) is 34.1 Å². The lowest BCUT2D eigenvalue weighted by molar-refractivity contribution is -0.396. The molecule has 0 radical (unpaired) electrons. The highest BCUT2D eigenvalue weighted by Gasteiger charge is 2.28. The second kappa shape index (κ2) is 4.13. The van der Waals surface area contributed by atoms with Crippen LogP contribution < -0.4 is 4.74 Å². The maximum absolute atomic E-state index is 10.8. The Morgan fingerprint density at radius 3 is 2.00 bits per heavy atom. The highest BCUT2D eigenvalue weighted by atomic mass is 16.6. The average molecular weight is 226 g/mol. The molecule has 0 saturated carbocycles. The molecule has 0 aliphatic rings. The van der Waals surface area contributed by atoms with Crippen molar-refractivity contribution in [3.8, 4) is 5.75 Å². The molecule has 86 valence electrons. The van der Waals surface area contributed by atoms with Crippen molar-refractivity contribution >= 4 is 11.4 Å². The zero-order chi connectivity index (χ0) is 12.5. The molecule has 0 fully saturated rings. The summed E-state index contributed by atoms with van der Waals surface area (Å²) in [6.45, 7) is 2.85. The molecule has 0 atom stereocenters. The fourth-order valence-electron chi connectivity index (χ4n) is 1.59. The van der Waals surface area contributed by atoms with Gasteiger partial charge in [0.25, 0.3) is 5.69 Å². The first-order valence-electron chi connectivity index (χ1n) is 4.37. The predicted molar refractivity (Wildman–Crippen MR) is 55.8 cm³/mol. The fourth-order valence-corrected chi connectivity index (χ4v) is 1.59. The molecule has 7 heteroatoms. The van der Waals surface area contributed by atoms with Gasteiger partial charge >= 0.3 is 5.69 Å². The Labute approximate surface area is 90.9 Å². The summed E-state index contributed by atoms with van der Waals surface area (Å²) < 4.78 is 4.84. The molecule has 0 aliphatic heterocycles. The maximum atomic E-state index is 10.8. The number of ether oxygens (including phenoxy) is 1. The summed E-state index contributed by atoms with van der Waals surface area (Å²) in [7, 11) is 1.28. The van der Waals surface area contributed by atoms with Crippen LogP contribution in [-0.4, -0.2) is 17.0 Å². The van der Waals surface area contributed by atoms with Crippen molar-refractivity contribution in [2.75, 3.05) is 7.11 Å². The Balaban J connectivity index is 3.65. The van der Waals surface area contributed by atoms with Crippen LogP contribution in [-0.2, 0) is 0 Å². The van der Waals surface area contributed by atoms with Gasteiger partial charge in [0.05, 0.1) is 17.0 Å². The molecule has 0 unspecified atom stereocenters. The lowest BCUT2D eigenvalue weighted by atomic mass is 10.1. The number of benzene rings is 1. The molecule has 0 amide bonds. The second-order valence-electron chi connectivity index (χ2n) is 3.23. The van der Waals surface area contributed by atoms with Crippen molar-refractivity contribution < 1.29 is 14.6 Å². The summed E-state index contributed by atoms with van der Waals surface area (Å²) in [5, 5.41) is 21.5. The molecular formula is C9H10N2O5. The van der Waals surface area contributed by atoms with Gasteiger partial charge in [-0.25, -0.2) is 0 Å². The van der Waals surface area contributed by atoms with Gasteiger partial charge in [0.2, 0.25) is 0 Å². The SMILES string of the molecule is COc1cc(C)c([N+](=O)[O-])c(C)c1[N+](=O)[O-]. The smallest absolute Gasteiger partial charge is 0.320 e. The van der Waals surface area contributed by atoms with Gasteiger partial charge in [-0.05, 0) is 19.9 Å². The molecule has 0 aromatic heterocycles. The molecule has 1 rings (SSSR count). The third-order valence-corrected chi connectivity index (χ3v) is 2.25. The van der Waals surface area contributed by atoms with Gasteiger partial charge in [-0.15, -0.1) is 0 Å². The van der Waals surface area contributed by atoms with Crippen LogP contribution >= 0.6 is 0 Å². The third-order valence-electron chi connectivity index (χ3n) is 2.25. The van der Waals surface area contributed by atoms with E-state index in [0.29, 0.717) is 5.56 Å². The normalized spacial score (nSPS) is 9.94. The summed E-state index contributed by atoms with van der Waals surface area (Å²) in [5.41, 5.74) is -0.260. The molecule has 0 spiro atoms.